The lowest BCUT2D eigenvalue weighted by atomic mass is 10.2. The number of rotatable bonds is 7. The summed E-state index contributed by atoms with van der Waals surface area (Å²) in [6.45, 7) is 6.97. The Morgan fingerprint density at radius 2 is 2.10 bits per heavy atom. The Labute approximate surface area is 126 Å². The van der Waals surface area contributed by atoms with Gasteiger partial charge in [-0.25, -0.2) is 4.39 Å². The highest BCUT2D eigenvalue weighted by Crippen LogP contribution is 2.26. The van der Waals surface area contributed by atoms with Crippen molar-refractivity contribution in [2.45, 2.75) is 26.3 Å². The third-order valence-electron chi connectivity index (χ3n) is 4.07. The summed E-state index contributed by atoms with van der Waals surface area (Å²) >= 11 is 0. The molecule has 3 nitrogen and oxygen atoms in total. The second-order valence-electron chi connectivity index (χ2n) is 5.81. The summed E-state index contributed by atoms with van der Waals surface area (Å²) in [7, 11) is 3.84. The van der Waals surface area contributed by atoms with Gasteiger partial charge in [0.05, 0.1) is 6.61 Å². The van der Waals surface area contributed by atoms with Crippen LogP contribution in [0.4, 0.5) is 4.39 Å². The molecular weight excluding hydrogens is 267 g/mol. The molecular formula is C17H25FN2O. The van der Waals surface area contributed by atoms with Gasteiger partial charge in [-0.05, 0) is 57.6 Å². The molecule has 0 aliphatic carbocycles. The maximum absolute atomic E-state index is 13.4. The van der Waals surface area contributed by atoms with Crippen LogP contribution in [0.15, 0.2) is 24.4 Å². The molecule has 0 saturated carbocycles. The number of hydrogen-bond donors (Lipinski definition) is 0. The number of aromatic nitrogens is 1. The highest BCUT2D eigenvalue weighted by Gasteiger charge is 2.12. The molecule has 4 heteroatoms. The molecule has 0 amide bonds. The van der Waals surface area contributed by atoms with Crippen LogP contribution in [0.2, 0.25) is 0 Å². The summed E-state index contributed by atoms with van der Waals surface area (Å²) in [5.41, 5.74) is 2.24. The lowest BCUT2D eigenvalue weighted by molar-refractivity contribution is 0.158. The van der Waals surface area contributed by atoms with Crippen molar-refractivity contribution in [3.63, 3.8) is 0 Å². The molecule has 116 valence electrons. The largest absolute Gasteiger partial charge is 0.383 e. The van der Waals surface area contributed by atoms with Gasteiger partial charge in [0, 0.05) is 36.8 Å². The zero-order valence-corrected chi connectivity index (χ0v) is 13.4. The Kier molecular flexibility index (Phi) is 5.37. The van der Waals surface area contributed by atoms with Crippen molar-refractivity contribution in [3.05, 3.63) is 35.8 Å². The fraction of sp³-hybridized carbons (Fsp3) is 0.529. The second kappa shape index (κ2) is 7.05. The number of halogens is 1. The van der Waals surface area contributed by atoms with Crippen LogP contribution in [0.1, 0.15) is 24.9 Å². The van der Waals surface area contributed by atoms with Gasteiger partial charge in [0.25, 0.3) is 0 Å². The van der Waals surface area contributed by atoms with Crippen LogP contribution in [0.3, 0.4) is 0 Å². The molecule has 0 spiro atoms. The second-order valence-corrected chi connectivity index (χ2v) is 5.81. The average molecular weight is 292 g/mol. The van der Waals surface area contributed by atoms with Crippen LogP contribution in [0.25, 0.3) is 10.9 Å². The molecule has 0 fully saturated rings. The van der Waals surface area contributed by atoms with Gasteiger partial charge in [0.15, 0.2) is 0 Å². The van der Waals surface area contributed by atoms with E-state index in [1.54, 1.807) is 13.2 Å². The van der Waals surface area contributed by atoms with E-state index in [2.05, 4.69) is 29.6 Å². The molecule has 0 radical (unpaired) electrons. The molecule has 1 heterocycles. The van der Waals surface area contributed by atoms with E-state index in [-0.39, 0.29) is 5.82 Å². The highest BCUT2D eigenvalue weighted by molar-refractivity contribution is 5.83. The zero-order valence-electron chi connectivity index (χ0n) is 13.4. The van der Waals surface area contributed by atoms with Crippen molar-refractivity contribution in [2.24, 2.45) is 0 Å². The molecule has 1 unspecified atom stereocenters. The van der Waals surface area contributed by atoms with Gasteiger partial charge in [-0.15, -0.1) is 0 Å². The minimum Gasteiger partial charge on any atom is -0.383 e. The van der Waals surface area contributed by atoms with E-state index in [0.29, 0.717) is 6.04 Å². The summed E-state index contributed by atoms with van der Waals surface area (Å²) in [6, 6.07) is 5.42. The molecule has 0 saturated heterocycles. The quantitative estimate of drug-likeness (QED) is 0.775. The number of benzene rings is 1. The molecule has 1 aromatic heterocycles. The van der Waals surface area contributed by atoms with Crippen molar-refractivity contribution in [2.75, 3.05) is 33.9 Å². The minimum absolute atomic E-state index is 0.171. The van der Waals surface area contributed by atoms with Crippen LogP contribution >= 0.6 is 0 Å². The molecule has 2 aromatic rings. The van der Waals surface area contributed by atoms with Gasteiger partial charge < -0.3 is 14.2 Å². The van der Waals surface area contributed by atoms with Crippen molar-refractivity contribution >= 4 is 10.9 Å². The fourth-order valence-corrected chi connectivity index (χ4v) is 2.67. The molecule has 21 heavy (non-hydrogen) atoms. The molecule has 0 N–H and O–H groups in total. The Morgan fingerprint density at radius 1 is 1.33 bits per heavy atom. The number of aryl methyl sites for hydroxylation is 1. The molecule has 1 atom stereocenters. The number of likely N-dealkylation sites (N-methyl/N-ethyl adjacent to an activating group) is 1. The number of fused-ring (bicyclic) bond motifs is 1. The topological polar surface area (TPSA) is 17.4 Å². The van der Waals surface area contributed by atoms with E-state index in [1.807, 2.05) is 13.0 Å². The van der Waals surface area contributed by atoms with E-state index >= 15 is 0 Å². The normalized spacial score (nSPS) is 13.2. The van der Waals surface area contributed by atoms with Gasteiger partial charge in [0.2, 0.25) is 0 Å². The fourth-order valence-electron chi connectivity index (χ4n) is 2.67. The van der Waals surface area contributed by atoms with Gasteiger partial charge >= 0.3 is 0 Å². The highest BCUT2D eigenvalue weighted by atomic mass is 19.1. The van der Waals surface area contributed by atoms with Gasteiger partial charge in [-0.3, -0.25) is 0 Å². The lowest BCUT2D eigenvalue weighted by Crippen LogP contribution is -2.25. The molecule has 2 rings (SSSR count). The van der Waals surface area contributed by atoms with Gasteiger partial charge in [-0.1, -0.05) is 0 Å². The van der Waals surface area contributed by atoms with E-state index in [9.17, 15) is 4.39 Å². The van der Waals surface area contributed by atoms with E-state index in [0.717, 1.165) is 42.6 Å². The molecule has 1 aromatic carbocycles. The number of methoxy groups -OCH3 is 1. The monoisotopic (exact) mass is 292 g/mol. The zero-order chi connectivity index (χ0) is 15.4. The van der Waals surface area contributed by atoms with Crippen LogP contribution in [0, 0.1) is 12.7 Å². The number of nitrogens with zero attached hydrogens (tertiary/aromatic N) is 2. The van der Waals surface area contributed by atoms with E-state index in [4.69, 9.17) is 4.74 Å². The third-order valence-corrected chi connectivity index (χ3v) is 4.07. The maximum atomic E-state index is 13.4. The molecule has 0 bridgehead atoms. The predicted octanol–water partition coefficient (Wildman–Crippen LogP) is 3.62. The summed E-state index contributed by atoms with van der Waals surface area (Å²) < 4.78 is 20.7. The van der Waals surface area contributed by atoms with Crippen molar-refractivity contribution in [1.29, 1.82) is 0 Å². The minimum atomic E-state index is -0.171. The van der Waals surface area contributed by atoms with Gasteiger partial charge in [0.1, 0.15) is 5.82 Å². The van der Waals surface area contributed by atoms with E-state index < -0.39 is 0 Å². The summed E-state index contributed by atoms with van der Waals surface area (Å²) in [5, 5.41) is 1.01. The first-order valence-electron chi connectivity index (χ1n) is 7.47. The summed E-state index contributed by atoms with van der Waals surface area (Å²) in [6.07, 6.45) is 3.19. The van der Waals surface area contributed by atoms with Crippen LogP contribution in [-0.2, 0) is 4.74 Å². The SMILES string of the molecule is COCCN(C)CCC(C)n1cc(C)c2cc(F)ccc21. The van der Waals surface area contributed by atoms with Crippen LogP contribution < -0.4 is 0 Å². The van der Waals surface area contributed by atoms with Crippen molar-refractivity contribution < 1.29 is 9.13 Å². The Morgan fingerprint density at radius 3 is 2.81 bits per heavy atom. The summed E-state index contributed by atoms with van der Waals surface area (Å²) in [4.78, 5) is 2.28. The van der Waals surface area contributed by atoms with E-state index in [1.165, 1.54) is 6.07 Å². The standard InChI is InChI=1S/C17H25FN2O/c1-13-12-20(17-6-5-15(18)11-16(13)17)14(2)7-8-19(3)9-10-21-4/h5-6,11-12,14H,7-10H2,1-4H3. The maximum Gasteiger partial charge on any atom is 0.123 e. The van der Waals surface area contributed by atoms with Crippen molar-refractivity contribution in [1.82, 2.24) is 9.47 Å². The molecule has 0 aliphatic heterocycles. The Balaban J connectivity index is 2.07. The van der Waals surface area contributed by atoms with Gasteiger partial charge in [-0.2, -0.15) is 0 Å². The first-order chi connectivity index (χ1) is 10.0. The van der Waals surface area contributed by atoms with Crippen LogP contribution in [0.5, 0.6) is 0 Å². The first-order valence-corrected chi connectivity index (χ1v) is 7.47. The van der Waals surface area contributed by atoms with Crippen LogP contribution in [-0.4, -0.2) is 43.3 Å². The first kappa shape index (κ1) is 16.0. The Bertz CT molecular complexity index is 594. The number of hydrogen-bond acceptors (Lipinski definition) is 2. The third kappa shape index (κ3) is 3.83. The number of ether oxygens (including phenoxy) is 1. The Hall–Kier alpha value is -1.39. The predicted molar refractivity (Wildman–Crippen MR) is 85.3 cm³/mol. The average Bonchev–Trinajstić information content (AvgIpc) is 2.79. The summed E-state index contributed by atoms with van der Waals surface area (Å²) in [5.74, 6) is -0.171. The smallest absolute Gasteiger partial charge is 0.123 e. The lowest BCUT2D eigenvalue weighted by Gasteiger charge is -2.20. The molecule has 0 aliphatic rings. The van der Waals surface area contributed by atoms with Crippen molar-refractivity contribution in [3.8, 4) is 0 Å².